The molecule has 72 valence electrons. The second-order valence-corrected chi connectivity index (χ2v) is 2.98. The lowest BCUT2D eigenvalue weighted by Gasteiger charge is -2.16. The smallest absolute Gasteiger partial charge is 0.234 e. The molecule has 0 radical (unpaired) electrons. The van der Waals surface area contributed by atoms with Crippen LogP contribution in [0.3, 0.4) is 0 Å². The average Bonchev–Trinajstić information content (AvgIpc) is 2.10. The Balaban J connectivity index is 3.52. The van der Waals surface area contributed by atoms with Crippen LogP contribution in [0.25, 0.3) is 0 Å². The predicted molar refractivity (Wildman–Crippen MR) is 54.7 cm³/mol. The number of nitrogens with zero attached hydrogens (tertiary/aromatic N) is 1. The van der Waals surface area contributed by atoms with Gasteiger partial charge in [-0.15, -0.1) is 0 Å². The molecule has 0 rings (SSSR count). The zero-order valence-corrected chi connectivity index (χ0v) is 8.73. The molecular weight excluding hydrogens is 172 g/mol. The minimum atomic E-state index is 0.0905. The van der Waals surface area contributed by atoms with Crippen LogP contribution in [0.1, 0.15) is 13.8 Å². The fourth-order valence-electron chi connectivity index (χ4n) is 0.902. The quantitative estimate of drug-likeness (QED) is 0.593. The standard InChI is InChI=1S/C8H18N2OS/c1-3-10(4-2)7-8(11)9-5-6-12/h12H,3-7H2,1-2H3,(H,9,11). The van der Waals surface area contributed by atoms with Crippen LogP contribution in [-0.2, 0) is 4.79 Å². The fraction of sp³-hybridized carbons (Fsp3) is 0.875. The number of thiol groups is 1. The molecule has 0 spiro atoms. The predicted octanol–water partition coefficient (Wildman–Crippen LogP) is 0.374. The van der Waals surface area contributed by atoms with Crippen molar-refractivity contribution in [3.63, 3.8) is 0 Å². The van der Waals surface area contributed by atoms with Crippen molar-refractivity contribution in [2.24, 2.45) is 0 Å². The SMILES string of the molecule is CCN(CC)CC(=O)NCCS. The highest BCUT2D eigenvalue weighted by atomic mass is 32.1. The van der Waals surface area contributed by atoms with Gasteiger partial charge in [0, 0.05) is 12.3 Å². The molecule has 0 unspecified atom stereocenters. The van der Waals surface area contributed by atoms with E-state index in [4.69, 9.17) is 0 Å². The molecule has 3 nitrogen and oxygen atoms in total. The summed E-state index contributed by atoms with van der Waals surface area (Å²) >= 11 is 4.00. The van der Waals surface area contributed by atoms with Gasteiger partial charge >= 0.3 is 0 Å². The van der Waals surface area contributed by atoms with E-state index in [2.05, 4.69) is 36.7 Å². The first kappa shape index (κ1) is 11.8. The molecule has 1 amide bonds. The summed E-state index contributed by atoms with van der Waals surface area (Å²) in [7, 11) is 0. The van der Waals surface area contributed by atoms with Gasteiger partial charge in [-0.3, -0.25) is 9.69 Å². The molecule has 0 atom stereocenters. The van der Waals surface area contributed by atoms with Crippen LogP contribution in [0.2, 0.25) is 0 Å². The second kappa shape index (κ2) is 7.43. The number of nitrogens with one attached hydrogen (secondary N) is 1. The van der Waals surface area contributed by atoms with Gasteiger partial charge in [-0.2, -0.15) is 12.6 Å². The third kappa shape index (κ3) is 5.43. The molecule has 0 fully saturated rings. The van der Waals surface area contributed by atoms with Gasteiger partial charge in [-0.25, -0.2) is 0 Å². The first-order chi connectivity index (χ1) is 5.74. The van der Waals surface area contributed by atoms with Crippen molar-refractivity contribution >= 4 is 18.5 Å². The van der Waals surface area contributed by atoms with E-state index < -0.39 is 0 Å². The number of amides is 1. The summed E-state index contributed by atoms with van der Waals surface area (Å²) in [5.74, 6) is 0.789. The number of likely N-dealkylation sites (N-methyl/N-ethyl adjacent to an activating group) is 1. The van der Waals surface area contributed by atoms with Crippen LogP contribution in [0.15, 0.2) is 0 Å². The Labute approximate surface area is 79.9 Å². The van der Waals surface area contributed by atoms with E-state index in [1.807, 2.05) is 0 Å². The summed E-state index contributed by atoms with van der Waals surface area (Å²) in [4.78, 5) is 13.2. The zero-order valence-electron chi connectivity index (χ0n) is 7.84. The van der Waals surface area contributed by atoms with Crippen molar-refractivity contribution < 1.29 is 4.79 Å². The summed E-state index contributed by atoms with van der Waals surface area (Å²) in [6.07, 6.45) is 0. The van der Waals surface area contributed by atoms with Crippen LogP contribution in [0.4, 0.5) is 0 Å². The molecule has 0 saturated heterocycles. The van der Waals surface area contributed by atoms with Crippen LogP contribution < -0.4 is 5.32 Å². The summed E-state index contributed by atoms with van der Waals surface area (Å²) in [5, 5.41) is 2.77. The maximum Gasteiger partial charge on any atom is 0.234 e. The molecule has 4 heteroatoms. The summed E-state index contributed by atoms with van der Waals surface area (Å²) in [6, 6.07) is 0. The fourth-order valence-corrected chi connectivity index (χ4v) is 1.01. The van der Waals surface area contributed by atoms with Crippen molar-refractivity contribution in [3.05, 3.63) is 0 Å². The van der Waals surface area contributed by atoms with Crippen LogP contribution >= 0.6 is 12.6 Å². The minimum Gasteiger partial charge on any atom is -0.354 e. The second-order valence-electron chi connectivity index (χ2n) is 2.53. The van der Waals surface area contributed by atoms with Gasteiger partial charge in [0.05, 0.1) is 6.54 Å². The summed E-state index contributed by atoms with van der Waals surface area (Å²) in [5.41, 5.74) is 0. The van der Waals surface area contributed by atoms with Gasteiger partial charge in [-0.05, 0) is 13.1 Å². The Morgan fingerprint density at radius 1 is 1.42 bits per heavy atom. The van der Waals surface area contributed by atoms with Gasteiger partial charge in [0.15, 0.2) is 0 Å². The average molecular weight is 190 g/mol. The highest BCUT2D eigenvalue weighted by molar-refractivity contribution is 7.80. The Hall–Kier alpha value is -0.220. The number of carbonyl (C=O) groups is 1. The highest BCUT2D eigenvalue weighted by Gasteiger charge is 2.04. The lowest BCUT2D eigenvalue weighted by Crippen LogP contribution is -2.37. The molecule has 0 bridgehead atoms. The number of hydrogen-bond donors (Lipinski definition) is 2. The zero-order chi connectivity index (χ0) is 9.40. The number of carbonyl (C=O) groups excluding carboxylic acids is 1. The van der Waals surface area contributed by atoms with Crippen molar-refractivity contribution in [2.75, 3.05) is 31.9 Å². The largest absolute Gasteiger partial charge is 0.354 e. The van der Waals surface area contributed by atoms with E-state index in [9.17, 15) is 4.79 Å². The topological polar surface area (TPSA) is 32.3 Å². The number of rotatable bonds is 6. The molecule has 0 aromatic heterocycles. The minimum absolute atomic E-state index is 0.0905. The molecular formula is C8H18N2OS. The molecule has 0 aliphatic heterocycles. The Morgan fingerprint density at radius 2 is 2.00 bits per heavy atom. The molecule has 1 N–H and O–H groups in total. The lowest BCUT2D eigenvalue weighted by atomic mass is 10.4. The highest BCUT2D eigenvalue weighted by Crippen LogP contribution is 1.85. The van der Waals surface area contributed by atoms with Gasteiger partial charge in [0.1, 0.15) is 0 Å². The number of hydrogen-bond acceptors (Lipinski definition) is 3. The van der Waals surface area contributed by atoms with Crippen LogP contribution in [0, 0.1) is 0 Å². The normalized spacial score (nSPS) is 10.3. The van der Waals surface area contributed by atoms with E-state index >= 15 is 0 Å². The first-order valence-electron chi connectivity index (χ1n) is 4.34. The lowest BCUT2D eigenvalue weighted by molar-refractivity contribution is -0.122. The Morgan fingerprint density at radius 3 is 2.42 bits per heavy atom. The van der Waals surface area contributed by atoms with E-state index in [1.165, 1.54) is 0 Å². The van der Waals surface area contributed by atoms with Gasteiger partial charge in [0.25, 0.3) is 0 Å². The third-order valence-corrected chi connectivity index (χ3v) is 1.92. The molecule has 0 saturated carbocycles. The maximum atomic E-state index is 11.1. The summed E-state index contributed by atoms with van der Waals surface area (Å²) in [6.45, 7) is 7.10. The van der Waals surface area contributed by atoms with E-state index in [0.717, 1.165) is 13.1 Å². The van der Waals surface area contributed by atoms with Crippen LogP contribution in [0.5, 0.6) is 0 Å². The van der Waals surface area contributed by atoms with Crippen molar-refractivity contribution in [1.29, 1.82) is 0 Å². The summed E-state index contributed by atoms with van der Waals surface area (Å²) < 4.78 is 0. The third-order valence-electron chi connectivity index (χ3n) is 1.70. The molecule has 12 heavy (non-hydrogen) atoms. The molecule has 0 aromatic rings. The van der Waals surface area contributed by atoms with E-state index in [1.54, 1.807) is 0 Å². The maximum absolute atomic E-state index is 11.1. The van der Waals surface area contributed by atoms with E-state index in [-0.39, 0.29) is 5.91 Å². The molecule has 0 aliphatic carbocycles. The molecule has 0 aromatic carbocycles. The van der Waals surface area contributed by atoms with Crippen molar-refractivity contribution in [3.8, 4) is 0 Å². The Kier molecular flexibility index (Phi) is 7.29. The van der Waals surface area contributed by atoms with Gasteiger partial charge in [-0.1, -0.05) is 13.8 Å². The monoisotopic (exact) mass is 190 g/mol. The van der Waals surface area contributed by atoms with Crippen LogP contribution in [-0.4, -0.2) is 42.7 Å². The van der Waals surface area contributed by atoms with Crippen molar-refractivity contribution in [1.82, 2.24) is 10.2 Å². The molecule has 0 aliphatic rings. The molecule has 0 heterocycles. The Bertz CT molecular complexity index is 126. The van der Waals surface area contributed by atoms with Gasteiger partial charge < -0.3 is 5.32 Å². The van der Waals surface area contributed by atoms with Crippen molar-refractivity contribution in [2.45, 2.75) is 13.8 Å². The first-order valence-corrected chi connectivity index (χ1v) is 4.97. The van der Waals surface area contributed by atoms with Gasteiger partial charge in [0.2, 0.25) is 5.91 Å². The van der Waals surface area contributed by atoms with E-state index in [0.29, 0.717) is 18.8 Å².